The van der Waals surface area contributed by atoms with Crippen LogP contribution in [0.1, 0.15) is 19.2 Å². The van der Waals surface area contributed by atoms with Crippen LogP contribution in [0.15, 0.2) is 24.3 Å². The van der Waals surface area contributed by atoms with Gasteiger partial charge in [0.1, 0.15) is 5.82 Å². The maximum atomic E-state index is 4.79. The smallest absolute Gasteiger partial charge is 0.110 e. The molecule has 3 heteroatoms. The fourth-order valence-corrected chi connectivity index (χ4v) is 2.51. The zero-order valence-corrected chi connectivity index (χ0v) is 10.3. The van der Waals surface area contributed by atoms with Crippen LogP contribution in [0.4, 0.5) is 0 Å². The van der Waals surface area contributed by atoms with Gasteiger partial charge in [0.05, 0.1) is 11.0 Å². The van der Waals surface area contributed by atoms with Gasteiger partial charge < -0.3 is 9.88 Å². The van der Waals surface area contributed by atoms with Crippen molar-refractivity contribution in [2.24, 2.45) is 5.92 Å². The van der Waals surface area contributed by atoms with E-state index in [-0.39, 0.29) is 0 Å². The number of para-hydroxylation sites is 2. The number of nitrogens with one attached hydrogen (secondary N) is 1. The first-order valence-electron chi connectivity index (χ1n) is 6.53. The molecule has 3 nitrogen and oxygen atoms in total. The van der Waals surface area contributed by atoms with E-state index in [9.17, 15) is 0 Å². The fourth-order valence-electron chi connectivity index (χ4n) is 2.51. The van der Waals surface area contributed by atoms with Gasteiger partial charge in [-0.15, -0.1) is 0 Å². The average molecular weight is 229 g/mol. The van der Waals surface area contributed by atoms with Crippen molar-refractivity contribution in [3.05, 3.63) is 30.1 Å². The molecule has 1 N–H and O–H groups in total. The summed E-state index contributed by atoms with van der Waals surface area (Å²) in [5.74, 6) is 2.04. The second-order valence-electron chi connectivity index (χ2n) is 4.90. The molecule has 0 unspecified atom stereocenters. The molecule has 1 saturated heterocycles. The molecule has 3 rings (SSSR count). The third kappa shape index (κ3) is 1.95. The SMILES string of the molecule is CCCn1c(CC2CNC2)nc2ccccc21. The van der Waals surface area contributed by atoms with Gasteiger partial charge >= 0.3 is 0 Å². The number of benzene rings is 1. The molecule has 0 bridgehead atoms. The molecule has 0 radical (unpaired) electrons. The summed E-state index contributed by atoms with van der Waals surface area (Å²) in [6.07, 6.45) is 2.28. The molecule has 2 aromatic rings. The Morgan fingerprint density at radius 1 is 1.35 bits per heavy atom. The van der Waals surface area contributed by atoms with Crippen molar-refractivity contribution in [3.63, 3.8) is 0 Å². The van der Waals surface area contributed by atoms with Gasteiger partial charge in [0.25, 0.3) is 0 Å². The summed E-state index contributed by atoms with van der Waals surface area (Å²) in [6, 6.07) is 8.47. The van der Waals surface area contributed by atoms with Crippen LogP contribution in [-0.2, 0) is 13.0 Å². The van der Waals surface area contributed by atoms with E-state index in [1.165, 1.54) is 11.3 Å². The zero-order valence-electron chi connectivity index (χ0n) is 10.3. The van der Waals surface area contributed by atoms with Gasteiger partial charge in [0.2, 0.25) is 0 Å². The van der Waals surface area contributed by atoms with Crippen LogP contribution >= 0.6 is 0 Å². The number of rotatable bonds is 4. The second-order valence-corrected chi connectivity index (χ2v) is 4.90. The molecule has 2 heterocycles. The van der Waals surface area contributed by atoms with E-state index in [2.05, 4.69) is 41.1 Å². The predicted octanol–water partition coefficient (Wildman–Crippen LogP) is 2.21. The minimum atomic E-state index is 0.780. The highest BCUT2D eigenvalue weighted by atomic mass is 15.1. The van der Waals surface area contributed by atoms with Gasteiger partial charge in [0.15, 0.2) is 0 Å². The third-order valence-corrected chi connectivity index (χ3v) is 3.52. The summed E-state index contributed by atoms with van der Waals surface area (Å²) in [4.78, 5) is 4.79. The van der Waals surface area contributed by atoms with E-state index in [0.29, 0.717) is 0 Å². The molecule has 1 aliphatic heterocycles. The first-order chi connectivity index (χ1) is 8.38. The van der Waals surface area contributed by atoms with Crippen molar-refractivity contribution >= 4 is 11.0 Å². The first kappa shape index (κ1) is 10.8. The third-order valence-electron chi connectivity index (χ3n) is 3.52. The molecule has 90 valence electrons. The number of aromatic nitrogens is 2. The molecule has 0 amide bonds. The average Bonchev–Trinajstić information content (AvgIpc) is 2.63. The second kappa shape index (κ2) is 4.49. The van der Waals surface area contributed by atoms with E-state index in [1.807, 2.05) is 0 Å². The largest absolute Gasteiger partial charge is 0.328 e. The number of fused-ring (bicyclic) bond motifs is 1. The van der Waals surface area contributed by atoms with Gasteiger partial charge in [-0.1, -0.05) is 19.1 Å². The first-order valence-corrected chi connectivity index (χ1v) is 6.53. The van der Waals surface area contributed by atoms with E-state index in [0.717, 1.165) is 43.9 Å². The number of aryl methyl sites for hydroxylation is 1. The summed E-state index contributed by atoms with van der Waals surface area (Å²) < 4.78 is 2.40. The van der Waals surface area contributed by atoms with E-state index < -0.39 is 0 Å². The van der Waals surface area contributed by atoms with Crippen LogP contribution in [0.25, 0.3) is 11.0 Å². The lowest BCUT2D eigenvalue weighted by molar-refractivity contribution is 0.337. The van der Waals surface area contributed by atoms with Gasteiger partial charge in [0, 0.05) is 13.0 Å². The zero-order chi connectivity index (χ0) is 11.7. The Balaban J connectivity index is 1.98. The van der Waals surface area contributed by atoms with Gasteiger partial charge in [-0.25, -0.2) is 4.98 Å². The summed E-state index contributed by atoms with van der Waals surface area (Å²) in [5.41, 5.74) is 2.43. The molecular formula is C14H19N3. The van der Waals surface area contributed by atoms with E-state index >= 15 is 0 Å². The van der Waals surface area contributed by atoms with Crippen molar-refractivity contribution in [1.82, 2.24) is 14.9 Å². The number of hydrogen-bond donors (Lipinski definition) is 1. The molecule has 1 aromatic carbocycles. The molecule has 0 aliphatic carbocycles. The summed E-state index contributed by atoms with van der Waals surface area (Å²) in [7, 11) is 0. The lowest BCUT2D eigenvalue weighted by atomic mass is 9.99. The van der Waals surface area contributed by atoms with Crippen LogP contribution in [0.3, 0.4) is 0 Å². The maximum absolute atomic E-state index is 4.79. The highest BCUT2D eigenvalue weighted by Crippen LogP contribution is 2.20. The molecule has 1 fully saturated rings. The van der Waals surface area contributed by atoms with Gasteiger partial charge in [-0.2, -0.15) is 0 Å². The molecule has 0 saturated carbocycles. The van der Waals surface area contributed by atoms with Crippen molar-refractivity contribution in [2.45, 2.75) is 26.3 Å². The van der Waals surface area contributed by atoms with Gasteiger partial charge in [-0.05, 0) is 37.6 Å². The molecule has 0 spiro atoms. The van der Waals surface area contributed by atoms with Crippen molar-refractivity contribution in [1.29, 1.82) is 0 Å². The Morgan fingerprint density at radius 2 is 2.18 bits per heavy atom. The standard InChI is InChI=1S/C14H19N3/c1-2-7-17-13-6-4-3-5-12(13)16-14(17)8-11-9-15-10-11/h3-6,11,15H,2,7-10H2,1H3. The van der Waals surface area contributed by atoms with E-state index in [1.54, 1.807) is 0 Å². The van der Waals surface area contributed by atoms with Crippen LogP contribution < -0.4 is 5.32 Å². The fraction of sp³-hybridized carbons (Fsp3) is 0.500. The Bertz CT molecular complexity index is 511. The Morgan fingerprint density at radius 3 is 2.88 bits per heavy atom. The normalized spacial score (nSPS) is 16.3. The Labute approximate surface area is 102 Å². The van der Waals surface area contributed by atoms with Crippen LogP contribution in [0.5, 0.6) is 0 Å². The van der Waals surface area contributed by atoms with Crippen LogP contribution in [0.2, 0.25) is 0 Å². The lowest BCUT2D eigenvalue weighted by Crippen LogP contribution is -2.43. The van der Waals surface area contributed by atoms with Gasteiger partial charge in [-0.3, -0.25) is 0 Å². The number of nitrogens with zero attached hydrogens (tertiary/aromatic N) is 2. The molecule has 1 aliphatic rings. The Kier molecular flexibility index (Phi) is 2.85. The summed E-state index contributed by atoms with van der Waals surface area (Å²) in [6.45, 7) is 5.60. The highest BCUT2D eigenvalue weighted by molar-refractivity contribution is 5.75. The molecule has 17 heavy (non-hydrogen) atoms. The summed E-state index contributed by atoms with van der Waals surface area (Å²) in [5, 5.41) is 3.33. The van der Waals surface area contributed by atoms with E-state index in [4.69, 9.17) is 4.98 Å². The minimum absolute atomic E-state index is 0.780. The maximum Gasteiger partial charge on any atom is 0.110 e. The lowest BCUT2D eigenvalue weighted by Gasteiger charge is -2.26. The Hall–Kier alpha value is -1.35. The monoisotopic (exact) mass is 229 g/mol. The number of hydrogen-bond acceptors (Lipinski definition) is 2. The predicted molar refractivity (Wildman–Crippen MR) is 70.1 cm³/mol. The minimum Gasteiger partial charge on any atom is -0.328 e. The molecule has 1 aromatic heterocycles. The topological polar surface area (TPSA) is 29.9 Å². The molecular weight excluding hydrogens is 210 g/mol. The van der Waals surface area contributed by atoms with Crippen LogP contribution in [-0.4, -0.2) is 22.6 Å². The van der Waals surface area contributed by atoms with Crippen molar-refractivity contribution in [3.8, 4) is 0 Å². The molecule has 0 atom stereocenters. The van der Waals surface area contributed by atoms with Crippen LogP contribution in [0, 0.1) is 5.92 Å². The van der Waals surface area contributed by atoms with Crippen molar-refractivity contribution < 1.29 is 0 Å². The number of imidazole rings is 1. The quantitative estimate of drug-likeness (QED) is 0.871. The highest BCUT2D eigenvalue weighted by Gasteiger charge is 2.20. The van der Waals surface area contributed by atoms with Crippen molar-refractivity contribution in [2.75, 3.05) is 13.1 Å². The summed E-state index contributed by atoms with van der Waals surface area (Å²) >= 11 is 0.